The first kappa shape index (κ1) is 19.5. The number of benzene rings is 2. The van der Waals surface area contributed by atoms with Crippen LogP contribution in [-0.4, -0.2) is 42.9 Å². The number of nitrogens with zero attached hydrogens (tertiary/aromatic N) is 4. The number of nitrogens with one attached hydrogen (secondary N) is 1. The van der Waals surface area contributed by atoms with Gasteiger partial charge in [-0.15, -0.1) is 0 Å². The minimum atomic E-state index is -0.391. The van der Waals surface area contributed by atoms with Crippen LogP contribution in [-0.2, 0) is 6.54 Å². The molecule has 1 saturated heterocycles. The molecular weight excluding hydrogens is 393 g/mol. The fourth-order valence-electron chi connectivity index (χ4n) is 4.71. The minimum absolute atomic E-state index is 0.123. The highest BCUT2D eigenvalue weighted by Gasteiger charge is 2.41. The highest BCUT2D eigenvalue weighted by molar-refractivity contribution is 5.95. The Morgan fingerprint density at radius 2 is 2.06 bits per heavy atom. The van der Waals surface area contributed by atoms with Crippen LogP contribution in [0.25, 0.3) is 22.0 Å². The molecule has 7 heteroatoms. The molecule has 1 unspecified atom stereocenters. The van der Waals surface area contributed by atoms with Crippen molar-refractivity contribution in [3.8, 4) is 11.1 Å². The Hall–Kier alpha value is -3.48. The number of hydrogen-bond acceptors (Lipinski definition) is 3. The molecule has 6 nitrogen and oxygen atoms in total. The molecule has 2 aromatic heterocycles. The van der Waals surface area contributed by atoms with Crippen LogP contribution in [0.4, 0.5) is 4.39 Å². The number of fused-ring (bicyclic) bond motifs is 1. The second-order valence-corrected chi connectivity index (χ2v) is 8.90. The van der Waals surface area contributed by atoms with E-state index in [-0.39, 0.29) is 17.4 Å². The smallest absolute Gasteiger partial charge is 0.254 e. The molecule has 1 fully saturated rings. The van der Waals surface area contributed by atoms with Crippen molar-refractivity contribution >= 4 is 16.8 Å². The minimum Gasteiger partial charge on any atom is -0.333 e. The SMILES string of the molecule is CC1(C)CC(Cn2ncc3cc(-c4cn[nH]c4)ccc32)CN1C(=O)c1cccc(F)c1. The fraction of sp³-hybridized carbons (Fsp3) is 0.292. The molecule has 4 aromatic rings. The van der Waals surface area contributed by atoms with Crippen molar-refractivity contribution < 1.29 is 9.18 Å². The van der Waals surface area contributed by atoms with E-state index in [9.17, 15) is 9.18 Å². The monoisotopic (exact) mass is 417 g/mol. The predicted octanol–water partition coefficient (Wildman–Crippen LogP) is 4.51. The lowest BCUT2D eigenvalue weighted by Gasteiger charge is -2.31. The number of H-pyrrole nitrogens is 1. The van der Waals surface area contributed by atoms with Gasteiger partial charge in [-0.2, -0.15) is 10.2 Å². The number of halogens is 1. The predicted molar refractivity (Wildman–Crippen MR) is 117 cm³/mol. The summed E-state index contributed by atoms with van der Waals surface area (Å²) in [6, 6.07) is 12.2. The Balaban J connectivity index is 1.36. The van der Waals surface area contributed by atoms with Gasteiger partial charge in [0.15, 0.2) is 0 Å². The highest BCUT2D eigenvalue weighted by Crippen LogP contribution is 2.35. The van der Waals surface area contributed by atoms with Crippen molar-refractivity contribution in [2.75, 3.05) is 6.54 Å². The Bertz CT molecular complexity index is 1240. The summed E-state index contributed by atoms with van der Waals surface area (Å²) in [6.07, 6.45) is 6.42. The van der Waals surface area contributed by atoms with Gasteiger partial charge < -0.3 is 4.90 Å². The zero-order valence-electron chi connectivity index (χ0n) is 17.5. The molecule has 1 N–H and O–H groups in total. The van der Waals surface area contributed by atoms with E-state index in [1.54, 1.807) is 18.3 Å². The number of amides is 1. The molecule has 0 saturated carbocycles. The van der Waals surface area contributed by atoms with Gasteiger partial charge in [0.05, 0.1) is 17.9 Å². The number of rotatable bonds is 4. The normalized spacial score (nSPS) is 18.0. The van der Waals surface area contributed by atoms with Crippen molar-refractivity contribution in [3.05, 3.63) is 72.4 Å². The summed E-state index contributed by atoms with van der Waals surface area (Å²) in [6.45, 7) is 5.49. The van der Waals surface area contributed by atoms with E-state index in [2.05, 4.69) is 47.3 Å². The van der Waals surface area contributed by atoms with Crippen LogP contribution in [0.15, 0.2) is 61.1 Å². The van der Waals surface area contributed by atoms with Gasteiger partial charge in [-0.3, -0.25) is 14.6 Å². The number of aromatic nitrogens is 4. The first-order chi connectivity index (χ1) is 14.9. The Kier molecular flexibility index (Phi) is 4.61. The second-order valence-electron chi connectivity index (χ2n) is 8.90. The molecule has 2 aromatic carbocycles. The first-order valence-electron chi connectivity index (χ1n) is 10.4. The third-order valence-electron chi connectivity index (χ3n) is 6.18. The van der Waals surface area contributed by atoms with E-state index in [0.717, 1.165) is 35.0 Å². The molecule has 1 amide bonds. The number of aromatic amines is 1. The molecular formula is C24H24FN5O. The molecule has 0 radical (unpaired) electrons. The lowest BCUT2D eigenvalue weighted by molar-refractivity contribution is 0.0648. The Morgan fingerprint density at radius 3 is 2.84 bits per heavy atom. The van der Waals surface area contributed by atoms with Gasteiger partial charge >= 0.3 is 0 Å². The van der Waals surface area contributed by atoms with Crippen molar-refractivity contribution in [2.24, 2.45) is 5.92 Å². The molecule has 1 atom stereocenters. The molecule has 1 aliphatic rings. The third-order valence-corrected chi connectivity index (χ3v) is 6.18. The summed E-state index contributed by atoms with van der Waals surface area (Å²) >= 11 is 0. The van der Waals surface area contributed by atoms with E-state index < -0.39 is 5.82 Å². The average Bonchev–Trinajstić information content (AvgIpc) is 3.47. The zero-order chi connectivity index (χ0) is 21.6. The summed E-state index contributed by atoms with van der Waals surface area (Å²) in [5, 5.41) is 12.5. The summed E-state index contributed by atoms with van der Waals surface area (Å²) in [5.74, 6) is -0.247. The highest BCUT2D eigenvalue weighted by atomic mass is 19.1. The molecule has 0 bridgehead atoms. The number of carbonyl (C=O) groups excluding carboxylic acids is 1. The van der Waals surface area contributed by atoms with E-state index >= 15 is 0 Å². The quantitative estimate of drug-likeness (QED) is 0.531. The summed E-state index contributed by atoms with van der Waals surface area (Å²) in [5.41, 5.74) is 3.30. The van der Waals surface area contributed by atoms with Crippen molar-refractivity contribution in [1.82, 2.24) is 24.9 Å². The Morgan fingerprint density at radius 1 is 1.19 bits per heavy atom. The second kappa shape index (κ2) is 7.34. The van der Waals surface area contributed by atoms with Crippen LogP contribution in [0.1, 0.15) is 30.6 Å². The van der Waals surface area contributed by atoms with E-state index in [1.807, 2.05) is 22.0 Å². The molecule has 158 valence electrons. The molecule has 31 heavy (non-hydrogen) atoms. The lowest BCUT2D eigenvalue weighted by atomic mass is 9.96. The van der Waals surface area contributed by atoms with Gasteiger partial charge in [-0.05, 0) is 62.1 Å². The molecule has 5 rings (SSSR count). The van der Waals surface area contributed by atoms with Crippen LogP contribution in [0, 0.1) is 11.7 Å². The molecule has 3 heterocycles. The zero-order valence-corrected chi connectivity index (χ0v) is 17.5. The van der Waals surface area contributed by atoms with Gasteiger partial charge in [0, 0.05) is 41.3 Å². The van der Waals surface area contributed by atoms with Gasteiger partial charge in [0.25, 0.3) is 5.91 Å². The van der Waals surface area contributed by atoms with E-state index in [1.165, 1.54) is 12.1 Å². The van der Waals surface area contributed by atoms with Crippen molar-refractivity contribution in [3.63, 3.8) is 0 Å². The van der Waals surface area contributed by atoms with Gasteiger partial charge in [-0.1, -0.05) is 12.1 Å². The fourth-order valence-corrected chi connectivity index (χ4v) is 4.71. The van der Waals surface area contributed by atoms with E-state index in [0.29, 0.717) is 12.1 Å². The van der Waals surface area contributed by atoms with Crippen LogP contribution >= 0.6 is 0 Å². The maximum Gasteiger partial charge on any atom is 0.254 e. The first-order valence-corrected chi connectivity index (χ1v) is 10.4. The van der Waals surface area contributed by atoms with Crippen molar-refractivity contribution in [2.45, 2.75) is 32.4 Å². The topological polar surface area (TPSA) is 66.8 Å². The van der Waals surface area contributed by atoms with E-state index in [4.69, 9.17) is 0 Å². The largest absolute Gasteiger partial charge is 0.333 e. The molecule has 0 spiro atoms. The van der Waals surface area contributed by atoms with Crippen LogP contribution in [0.3, 0.4) is 0 Å². The molecule has 1 aliphatic heterocycles. The maximum absolute atomic E-state index is 13.6. The van der Waals surface area contributed by atoms with Gasteiger partial charge in [0.2, 0.25) is 0 Å². The van der Waals surface area contributed by atoms with Crippen molar-refractivity contribution in [1.29, 1.82) is 0 Å². The average molecular weight is 417 g/mol. The standard InChI is InChI=1S/C24H24FN5O/c1-24(2)10-16(14-29(24)23(31)18-4-3-5-21(25)9-18)15-30-22-7-6-17(8-19(22)13-28-30)20-11-26-27-12-20/h3-9,11-13,16H,10,14-15H2,1-2H3,(H,26,27). The summed E-state index contributed by atoms with van der Waals surface area (Å²) in [7, 11) is 0. The third kappa shape index (κ3) is 3.60. The number of carbonyl (C=O) groups is 1. The maximum atomic E-state index is 13.6. The summed E-state index contributed by atoms with van der Waals surface area (Å²) in [4.78, 5) is 14.9. The van der Waals surface area contributed by atoms with Crippen LogP contribution in [0.5, 0.6) is 0 Å². The van der Waals surface area contributed by atoms with Gasteiger partial charge in [-0.25, -0.2) is 4.39 Å². The summed E-state index contributed by atoms with van der Waals surface area (Å²) < 4.78 is 15.6. The lowest BCUT2D eigenvalue weighted by Crippen LogP contribution is -2.42. The van der Waals surface area contributed by atoms with Crippen LogP contribution < -0.4 is 0 Å². The number of likely N-dealkylation sites (tertiary alicyclic amines) is 1. The number of hydrogen-bond donors (Lipinski definition) is 1. The molecule has 0 aliphatic carbocycles. The Labute approximate surface area is 179 Å². The van der Waals surface area contributed by atoms with Gasteiger partial charge in [0.1, 0.15) is 5.82 Å². The van der Waals surface area contributed by atoms with Crippen LogP contribution in [0.2, 0.25) is 0 Å².